The van der Waals surface area contributed by atoms with E-state index in [4.69, 9.17) is 16.1 Å². The number of aromatic nitrogens is 1. The zero-order chi connectivity index (χ0) is 23.5. The van der Waals surface area contributed by atoms with E-state index in [0.29, 0.717) is 22.0 Å². The van der Waals surface area contributed by atoms with Gasteiger partial charge in [0.25, 0.3) is 17.1 Å². The van der Waals surface area contributed by atoms with Crippen LogP contribution < -0.4 is 5.32 Å². The van der Waals surface area contributed by atoms with Crippen molar-refractivity contribution < 1.29 is 23.3 Å². The van der Waals surface area contributed by atoms with E-state index in [2.05, 4.69) is 10.5 Å². The summed E-state index contributed by atoms with van der Waals surface area (Å²) in [5.74, 6) is -1.20. The number of nitrogens with one attached hydrogen (secondary N) is 1. The fourth-order valence-corrected chi connectivity index (χ4v) is 4.35. The molecule has 0 aliphatic carbocycles. The van der Waals surface area contributed by atoms with Crippen molar-refractivity contribution in [2.24, 2.45) is 0 Å². The molecule has 1 N–H and O–H groups in total. The van der Waals surface area contributed by atoms with Crippen LogP contribution in [0.25, 0.3) is 17.3 Å². The number of amides is 3. The molecule has 2 heterocycles. The normalized spacial score (nSPS) is 14.9. The third kappa shape index (κ3) is 4.69. The van der Waals surface area contributed by atoms with E-state index in [1.807, 2.05) is 0 Å². The molecular formula is C23H17ClFN3O4S. The highest BCUT2D eigenvalue weighted by Crippen LogP contribution is 2.33. The van der Waals surface area contributed by atoms with Gasteiger partial charge in [-0.15, -0.1) is 0 Å². The van der Waals surface area contributed by atoms with E-state index in [9.17, 15) is 18.8 Å². The van der Waals surface area contributed by atoms with Crippen molar-refractivity contribution in [3.63, 3.8) is 0 Å². The molecule has 4 rings (SSSR count). The van der Waals surface area contributed by atoms with E-state index >= 15 is 0 Å². The number of hydrogen-bond donors (Lipinski definition) is 1. The topological polar surface area (TPSA) is 92.5 Å². The number of benzene rings is 2. The second kappa shape index (κ2) is 9.60. The number of halogens is 2. The molecule has 3 amide bonds. The largest absolute Gasteiger partial charge is 0.360 e. The van der Waals surface area contributed by atoms with Crippen molar-refractivity contribution in [3.05, 3.63) is 81.2 Å². The number of rotatable bonds is 6. The summed E-state index contributed by atoms with van der Waals surface area (Å²) < 4.78 is 19.1. The summed E-state index contributed by atoms with van der Waals surface area (Å²) in [4.78, 5) is 38.8. The smallest absolute Gasteiger partial charge is 0.293 e. The summed E-state index contributed by atoms with van der Waals surface area (Å²) in [6, 6.07) is 12.9. The van der Waals surface area contributed by atoms with Crippen LogP contribution in [0.5, 0.6) is 0 Å². The van der Waals surface area contributed by atoms with Crippen LogP contribution in [0.3, 0.4) is 0 Å². The van der Waals surface area contributed by atoms with Crippen molar-refractivity contribution in [3.8, 4) is 11.3 Å². The number of carbonyl (C=O) groups excluding carboxylic acids is 3. The number of imide groups is 1. The van der Waals surface area contributed by atoms with Crippen molar-refractivity contribution in [1.29, 1.82) is 0 Å². The first-order valence-electron chi connectivity index (χ1n) is 9.86. The van der Waals surface area contributed by atoms with E-state index in [1.54, 1.807) is 37.3 Å². The summed E-state index contributed by atoms with van der Waals surface area (Å²) in [6.45, 7) is 1.57. The number of hydrogen-bond acceptors (Lipinski definition) is 6. The van der Waals surface area contributed by atoms with Crippen LogP contribution in [0, 0.1) is 12.7 Å². The van der Waals surface area contributed by atoms with Gasteiger partial charge >= 0.3 is 0 Å². The molecule has 1 saturated heterocycles. The van der Waals surface area contributed by atoms with E-state index in [0.717, 1.165) is 16.7 Å². The molecule has 33 heavy (non-hydrogen) atoms. The lowest BCUT2D eigenvalue weighted by atomic mass is 10.1. The van der Waals surface area contributed by atoms with Crippen molar-refractivity contribution in [2.75, 3.05) is 13.1 Å². The SMILES string of the molecule is Cc1onc(-c2ccccc2Cl)c1C(=O)NCCN1C(=O)SC(=Cc2ccccc2F)C1=O. The second-order valence-corrected chi connectivity index (χ2v) is 8.45. The maximum Gasteiger partial charge on any atom is 0.293 e. The first kappa shape index (κ1) is 22.8. The highest BCUT2D eigenvalue weighted by molar-refractivity contribution is 8.18. The minimum atomic E-state index is -0.541. The lowest BCUT2D eigenvalue weighted by molar-refractivity contribution is -0.122. The fraction of sp³-hybridized carbons (Fsp3) is 0.130. The van der Waals surface area contributed by atoms with Gasteiger partial charge in [-0.05, 0) is 36.9 Å². The van der Waals surface area contributed by atoms with Gasteiger partial charge in [0.05, 0.1) is 9.93 Å². The second-order valence-electron chi connectivity index (χ2n) is 7.05. The molecule has 168 valence electrons. The van der Waals surface area contributed by atoms with Crippen molar-refractivity contribution in [1.82, 2.24) is 15.4 Å². The van der Waals surface area contributed by atoms with Gasteiger partial charge in [0.1, 0.15) is 22.8 Å². The van der Waals surface area contributed by atoms with Crippen LogP contribution in [0.15, 0.2) is 58.0 Å². The molecule has 1 aliphatic heterocycles. The molecule has 1 aliphatic rings. The first-order valence-corrected chi connectivity index (χ1v) is 11.1. The predicted octanol–water partition coefficient (Wildman–Crippen LogP) is 4.91. The lowest BCUT2D eigenvalue weighted by Crippen LogP contribution is -2.37. The van der Waals surface area contributed by atoms with E-state index in [-0.39, 0.29) is 29.1 Å². The predicted molar refractivity (Wildman–Crippen MR) is 123 cm³/mol. The number of aryl methyl sites for hydroxylation is 1. The molecule has 0 spiro atoms. The Morgan fingerprint density at radius 3 is 2.70 bits per heavy atom. The molecule has 1 fully saturated rings. The van der Waals surface area contributed by atoms with Crippen LogP contribution in [-0.4, -0.2) is 40.2 Å². The Labute approximate surface area is 197 Å². The highest BCUT2D eigenvalue weighted by atomic mass is 35.5. The third-order valence-electron chi connectivity index (χ3n) is 4.91. The zero-order valence-corrected chi connectivity index (χ0v) is 18.9. The van der Waals surface area contributed by atoms with E-state index < -0.39 is 22.9 Å². The highest BCUT2D eigenvalue weighted by Gasteiger charge is 2.35. The molecule has 10 heteroatoms. The van der Waals surface area contributed by atoms with Gasteiger partial charge in [0, 0.05) is 24.2 Å². The van der Waals surface area contributed by atoms with Crippen LogP contribution in [0.4, 0.5) is 9.18 Å². The fourth-order valence-electron chi connectivity index (χ4n) is 3.27. The Morgan fingerprint density at radius 2 is 1.94 bits per heavy atom. The Kier molecular flexibility index (Phi) is 6.62. The molecule has 7 nitrogen and oxygen atoms in total. The minimum absolute atomic E-state index is 0.0104. The summed E-state index contributed by atoms with van der Waals surface area (Å²) in [6.07, 6.45) is 1.34. The first-order chi connectivity index (χ1) is 15.9. The monoisotopic (exact) mass is 485 g/mol. The van der Waals surface area contributed by atoms with Crippen molar-refractivity contribution >= 4 is 46.5 Å². The van der Waals surface area contributed by atoms with Crippen LogP contribution in [0.1, 0.15) is 21.7 Å². The molecule has 0 saturated carbocycles. The standard InChI is InChI=1S/C23H17ClFN3O4S/c1-13-19(20(27-32-13)15-7-3-4-8-16(15)24)21(29)26-10-11-28-22(30)18(33-23(28)31)12-14-6-2-5-9-17(14)25/h2-9,12H,10-11H2,1H3,(H,26,29). The summed E-state index contributed by atoms with van der Waals surface area (Å²) in [5, 5.41) is 6.56. The van der Waals surface area contributed by atoms with Crippen LogP contribution in [0.2, 0.25) is 5.02 Å². The number of thioether (sulfide) groups is 1. The molecule has 0 atom stereocenters. The zero-order valence-electron chi connectivity index (χ0n) is 17.3. The van der Waals surface area contributed by atoms with Gasteiger partial charge in [-0.2, -0.15) is 0 Å². The van der Waals surface area contributed by atoms with Crippen molar-refractivity contribution in [2.45, 2.75) is 6.92 Å². The summed E-state index contributed by atoms with van der Waals surface area (Å²) >= 11 is 6.95. The van der Waals surface area contributed by atoms with Crippen LogP contribution in [-0.2, 0) is 4.79 Å². The van der Waals surface area contributed by atoms with Gasteiger partial charge in [-0.3, -0.25) is 19.3 Å². The third-order valence-corrected chi connectivity index (χ3v) is 6.14. The molecule has 1 aromatic heterocycles. The molecule has 3 aromatic rings. The number of carbonyl (C=O) groups is 3. The molecule has 0 unspecified atom stereocenters. The van der Waals surface area contributed by atoms with Gasteiger partial charge in [-0.1, -0.05) is 53.2 Å². The van der Waals surface area contributed by atoms with E-state index in [1.165, 1.54) is 24.3 Å². The average molecular weight is 486 g/mol. The maximum absolute atomic E-state index is 13.9. The Balaban J connectivity index is 1.43. The summed E-state index contributed by atoms with van der Waals surface area (Å²) in [7, 11) is 0. The molecule has 2 aromatic carbocycles. The molecular weight excluding hydrogens is 469 g/mol. The van der Waals surface area contributed by atoms with Gasteiger partial charge < -0.3 is 9.84 Å². The average Bonchev–Trinajstić information content (AvgIpc) is 3.30. The maximum atomic E-state index is 13.9. The van der Waals surface area contributed by atoms with Gasteiger partial charge in [0.2, 0.25) is 0 Å². The molecule has 0 bridgehead atoms. The Bertz CT molecular complexity index is 1290. The molecule has 0 radical (unpaired) electrons. The van der Waals surface area contributed by atoms with Gasteiger partial charge in [0.15, 0.2) is 0 Å². The Hall–Kier alpha value is -3.43. The quantitative estimate of drug-likeness (QED) is 0.499. The van der Waals surface area contributed by atoms with Gasteiger partial charge in [-0.25, -0.2) is 4.39 Å². The number of nitrogens with zero attached hydrogens (tertiary/aromatic N) is 2. The summed E-state index contributed by atoms with van der Waals surface area (Å²) in [5.41, 5.74) is 1.28. The minimum Gasteiger partial charge on any atom is -0.360 e. The Morgan fingerprint density at radius 1 is 1.21 bits per heavy atom. The van der Waals surface area contributed by atoms with Crippen LogP contribution >= 0.6 is 23.4 Å². The lowest BCUT2D eigenvalue weighted by Gasteiger charge is -2.13.